The van der Waals surface area contributed by atoms with Crippen molar-refractivity contribution in [1.29, 1.82) is 0 Å². The van der Waals surface area contributed by atoms with Crippen LogP contribution in [0.25, 0.3) is 0 Å². The highest BCUT2D eigenvalue weighted by Gasteiger charge is 2.42. The van der Waals surface area contributed by atoms with E-state index < -0.39 is 11.4 Å². The van der Waals surface area contributed by atoms with Crippen LogP contribution in [0.4, 0.5) is 0 Å². The summed E-state index contributed by atoms with van der Waals surface area (Å²) in [5.41, 5.74) is 0.165. The quantitative estimate of drug-likeness (QED) is 0.913. The average Bonchev–Trinajstić information content (AvgIpc) is 2.53. The Hall–Kier alpha value is -0.870. The minimum Gasteiger partial charge on any atom is -0.481 e. The van der Waals surface area contributed by atoms with Gasteiger partial charge in [-0.1, -0.05) is 34.1 Å². The number of nitrogens with zero attached hydrogens (tertiary/aromatic N) is 1. The van der Waals surface area contributed by atoms with E-state index in [9.17, 15) is 9.90 Å². The molecule has 1 heterocycles. The summed E-state index contributed by atoms with van der Waals surface area (Å²) >= 11 is 3.50. The molecule has 18 heavy (non-hydrogen) atoms. The number of rotatable bonds is 2. The fourth-order valence-electron chi connectivity index (χ4n) is 2.72. The molecule has 0 amide bonds. The van der Waals surface area contributed by atoms with Gasteiger partial charge in [-0.2, -0.15) is 0 Å². The second-order valence-electron chi connectivity index (χ2n) is 5.02. The highest BCUT2D eigenvalue weighted by atomic mass is 79.9. The molecular formula is C14H18BrNO2. The van der Waals surface area contributed by atoms with E-state index in [1.54, 1.807) is 0 Å². The van der Waals surface area contributed by atoms with Crippen molar-refractivity contribution in [3.63, 3.8) is 0 Å². The second-order valence-corrected chi connectivity index (χ2v) is 5.88. The molecule has 4 heteroatoms. The zero-order chi connectivity index (χ0) is 13.2. The number of hydrogen-bond donors (Lipinski definition) is 1. The van der Waals surface area contributed by atoms with Gasteiger partial charge in [0.05, 0.1) is 5.41 Å². The van der Waals surface area contributed by atoms with Crippen LogP contribution in [0, 0.1) is 0 Å². The van der Waals surface area contributed by atoms with E-state index in [1.165, 1.54) is 0 Å². The Morgan fingerprint density at radius 2 is 2.06 bits per heavy atom. The Bertz CT molecular complexity index is 449. The van der Waals surface area contributed by atoms with Gasteiger partial charge < -0.3 is 10.0 Å². The Morgan fingerprint density at radius 1 is 1.33 bits per heavy atom. The highest BCUT2D eigenvalue weighted by Crippen LogP contribution is 2.39. The summed E-state index contributed by atoms with van der Waals surface area (Å²) in [6.45, 7) is 1.80. The number of likely N-dealkylation sites (tertiary alicyclic amines) is 1. The molecule has 0 aromatic heterocycles. The van der Waals surface area contributed by atoms with E-state index >= 15 is 0 Å². The average molecular weight is 312 g/mol. The van der Waals surface area contributed by atoms with E-state index in [-0.39, 0.29) is 0 Å². The largest absolute Gasteiger partial charge is 0.481 e. The number of aliphatic carboxylic acids is 1. The molecule has 1 fully saturated rings. The molecule has 1 unspecified atom stereocenters. The molecule has 0 bridgehead atoms. The van der Waals surface area contributed by atoms with E-state index in [2.05, 4.69) is 27.9 Å². The number of carboxylic acid groups (broad SMARTS) is 1. The van der Waals surface area contributed by atoms with Crippen molar-refractivity contribution in [2.24, 2.45) is 0 Å². The Kier molecular flexibility index (Phi) is 4.07. The predicted octanol–water partition coefficient (Wildman–Crippen LogP) is 2.89. The van der Waals surface area contributed by atoms with Crippen molar-refractivity contribution in [1.82, 2.24) is 4.90 Å². The van der Waals surface area contributed by atoms with Crippen molar-refractivity contribution < 1.29 is 9.90 Å². The summed E-state index contributed by atoms with van der Waals surface area (Å²) in [6.07, 6.45) is 2.29. The maximum Gasteiger partial charge on any atom is 0.314 e. The molecule has 0 aliphatic carbocycles. The maximum atomic E-state index is 11.8. The van der Waals surface area contributed by atoms with Crippen LogP contribution in [-0.4, -0.2) is 36.1 Å². The van der Waals surface area contributed by atoms with Gasteiger partial charge in [-0.25, -0.2) is 0 Å². The molecule has 1 aromatic carbocycles. The predicted molar refractivity (Wildman–Crippen MR) is 74.8 cm³/mol. The number of hydrogen-bond acceptors (Lipinski definition) is 2. The van der Waals surface area contributed by atoms with Crippen LogP contribution in [0.5, 0.6) is 0 Å². The maximum absolute atomic E-state index is 11.8. The normalized spacial score (nSPS) is 25.7. The van der Waals surface area contributed by atoms with Gasteiger partial charge in [0.1, 0.15) is 0 Å². The third-order valence-electron chi connectivity index (χ3n) is 3.86. The zero-order valence-electron chi connectivity index (χ0n) is 10.5. The van der Waals surface area contributed by atoms with Crippen LogP contribution in [0.2, 0.25) is 0 Å². The van der Waals surface area contributed by atoms with Gasteiger partial charge in [-0.3, -0.25) is 4.79 Å². The molecule has 1 atom stereocenters. The minimum absolute atomic E-state index is 0.668. The van der Waals surface area contributed by atoms with Gasteiger partial charge >= 0.3 is 5.97 Å². The molecule has 0 spiro atoms. The molecule has 1 N–H and O–H groups in total. The van der Waals surface area contributed by atoms with Crippen LogP contribution in [0.3, 0.4) is 0 Å². The first kappa shape index (κ1) is 13.6. The second kappa shape index (κ2) is 5.41. The Morgan fingerprint density at radius 3 is 2.72 bits per heavy atom. The van der Waals surface area contributed by atoms with Crippen LogP contribution < -0.4 is 0 Å². The van der Waals surface area contributed by atoms with Gasteiger partial charge in [-0.15, -0.1) is 0 Å². The summed E-state index contributed by atoms with van der Waals surface area (Å²) in [5.74, 6) is -0.704. The summed E-state index contributed by atoms with van der Waals surface area (Å²) in [5, 5.41) is 9.74. The Balaban J connectivity index is 2.44. The van der Waals surface area contributed by atoms with Gasteiger partial charge in [-0.05, 0) is 51.0 Å². The van der Waals surface area contributed by atoms with Crippen LogP contribution >= 0.6 is 15.9 Å². The molecule has 1 aliphatic heterocycles. The first-order chi connectivity index (χ1) is 8.56. The first-order valence-electron chi connectivity index (χ1n) is 6.23. The standard InChI is InChI=1S/C14H18BrNO2/c1-16-9-4-7-14(8-10-16,13(17)18)11-5-2-3-6-12(11)15/h2-3,5-6H,4,7-10H2,1H3,(H,17,18). The monoisotopic (exact) mass is 311 g/mol. The number of halogens is 1. The highest BCUT2D eigenvalue weighted by molar-refractivity contribution is 9.10. The molecule has 0 radical (unpaired) electrons. The Labute approximate surface area is 116 Å². The molecule has 1 aromatic rings. The van der Waals surface area contributed by atoms with Gasteiger partial charge in [0.2, 0.25) is 0 Å². The SMILES string of the molecule is CN1CCCC(C(=O)O)(c2ccccc2Br)CC1. The molecular weight excluding hydrogens is 294 g/mol. The van der Waals surface area contributed by atoms with E-state index in [1.807, 2.05) is 24.3 Å². The zero-order valence-corrected chi connectivity index (χ0v) is 12.1. The molecule has 98 valence electrons. The molecule has 1 saturated heterocycles. The summed E-state index contributed by atoms with van der Waals surface area (Å²) in [6, 6.07) is 7.70. The first-order valence-corrected chi connectivity index (χ1v) is 7.02. The van der Waals surface area contributed by atoms with Gasteiger partial charge in [0, 0.05) is 4.47 Å². The summed E-state index contributed by atoms with van der Waals surface area (Å²) in [7, 11) is 2.05. The third-order valence-corrected chi connectivity index (χ3v) is 4.55. The van der Waals surface area contributed by atoms with Crippen LogP contribution in [0.1, 0.15) is 24.8 Å². The van der Waals surface area contributed by atoms with Gasteiger partial charge in [0.25, 0.3) is 0 Å². The topological polar surface area (TPSA) is 40.5 Å². The lowest BCUT2D eigenvalue weighted by Gasteiger charge is -2.29. The fraction of sp³-hybridized carbons (Fsp3) is 0.500. The lowest BCUT2D eigenvalue weighted by atomic mass is 9.74. The van der Waals surface area contributed by atoms with Crippen molar-refractivity contribution in [2.45, 2.75) is 24.7 Å². The fourth-order valence-corrected chi connectivity index (χ4v) is 3.38. The van der Waals surface area contributed by atoms with E-state index in [0.717, 1.165) is 29.5 Å². The van der Waals surface area contributed by atoms with E-state index in [0.29, 0.717) is 12.8 Å². The lowest BCUT2D eigenvalue weighted by Crippen LogP contribution is -2.37. The van der Waals surface area contributed by atoms with Crippen molar-refractivity contribution in [3.8, 4) is 0 Å². The van der Waals surface area contributed by atoms with Crippen LogP contribution in [-0.2, 0) is 10.2 Å². The number of carboxylic acids is 1. The van der Waals surface area contributed by atoms with Gasteiger partial charge in [0.15, 0.2) is 0 Å². The molecule has 0 saturated carbocycles. The van der Waals surface area contributed by atoms with Crippen LogP contribution in [0.15, 0.2) is 28.7 Å². The van der Waals surface area contributed by atoms with Crippen molar-refractivity contribution >= 4 is 21.9 Å². The number of carbonyl (C=O) groups is 1. The molecule has 3 nitrogen and oxygen atoms in total. The lowest BCUT2D eigenvalue weighted by molar-refractivity contribution is -0.144. The van der Waals surface area contributed by atoms with E-state index in [4.69, 9.17) is 0 Å². The van der Waals surface area contributed by atoms with Crippen molar-refractivity contribution in [3.05, 3.63) is 34.3 Å². The molecule has 1 aliphatic rings. The van der Waals surface area contributed by atoms with Crippen molar-refractivity contribution in [2.75, 3.05) is 20.1 Å². The molecule has 2 rings (SSSR count). The third kappa shape index (κ3) is 2.45. The minimum atomic E-state index is -0.745. The smallest absolute Gasteiger partial charge is 0.314 e. The summed E-state index contributed by atoms with van der Waals surface area (Å²) < 4.78 is 0.900. The number of benzene rings is 1. The summed E-state index contributed by atoms with van der Waals surface area (Å²) in [4.78, 5) is 14.1.